The second-order valence-electron chi connectivity index (χ2n) is 6.04. The molecule has 2 amide bonds. The number of carbonyl (C=O) groups is 2. The fourth-order valence-corrected chi connectivity index (χ4v) is 2.91. The van der Waals surface area contributed by atoms with Gasteiger partial charge in [0.25, 0.3) is 5.91 Å². The average molecular weight is 328 g/mol. The number of nitriles is 1. The van der Waals surface area contributed by atoms with Crippen molar-refractivity contribution in [2.24, 2.45) is 0 Å². The predicted molar refractivity (Wildman–Crippen MR) is 91.4 cm³/mol. The molecule has 0 radical (unpaired) electrons. The number of nitrogens with zero attached hydrogens (tertiary/aromatic N) is 3. The van der Waals surface area contributed by atoms with Crippen molar-refractivity contribution in [3.63, 3.8) is 0 Å². The van der Waals surface area contributed by atoms with E-state index in [0.717, 1.165) is 32.5 Å². The standard InChI is InChI=1S/C18H24N4O2/c1-3-22-10-8-16(9-11-22)21(2)17(23)13-20-18(24)15-6-4-14(12-19)5-7-15/h4-7,16H,3,8-11,13H2,1-2H3,(H,20,24). The Morgan fingerprint density at radius 2 is 1.92 bits per heavy atom. The van der Waals surface area contributed by atoms with E-state index in [9.17, 15) is 9.59 Å². The van der Waals surface area contributed by atoms with Crippen LogP contribution in [0.2, 0.25) is 0 Å². The Bertz CT molecular complexity index is 613. The average Bonchev–Trinajstić information content (AvgIpc) is 2.65. The van der Waals surface area contributed by atoms with Crippen molar-refractivity contribution in [2.75, 3.05) is 33.2 Å². The number of piperidine rings is 1. The summed E-state index contributed by atoms with van der Waals surface area (Å²) in [5, 5.41) is 11.4. The van der Waals surface area contributed by atoms with Crippen molar-refractivity contribution in [3.05, 3.63) is 35.4 Å². The Kier molecular flexibility index (Phi) is 6.33. The zero-order valence-corrected chi connectivity index (χ0v) is 14.3. The van der Waals surface area contributed by atoms with E-state index in [0.29, 0.717) is 11.1 Å². The van der Waals surface area contributed by atoms with E-state index in [-0.39, 0.29) is 24.4 Å². The number of likely N-dealkylation sites (N-methyl/N-ethyl adjacent to an activating group) is 1. The molecule has 6 nitrogen and oxygen atoms in total. The van der Waals surface area contributed by atoms with Crippen molar-refractivity contribution in [1.29, 1.82) is 5.26 Å². The third kappa shape index (κ3) is 4.56. The second kappa shape index (κ2) is 8.46. The molecule has 1 aliphatic heterocycles. The van der Waals surface area contributed by atoms with Crippen LogP contribution in [0.25, 0.3) is 0 Å². The number of likely N-dealkylation sites (tertiary alicyclic amines) is 1. The highest BCUT2D eigenvalue weighted by molar-refractivity contribution is 5.96. The number of hydrogen-bond donors (Lipinski definition) is 1. The van der Waals surface area contributed by atoms with Gasteiger partial charge in [0.1, 0.15) is 0 Å². The molecule has 0 aromatic heterocycles. The van der Waals surface area contributed by atoms with Crippen LogP contribution < -0.4 is 5.32 Å². The molecule has 2 rings (SSSR count). The summed E-state index contributed by atoms with van der Waals surface area (Å²) in [5.41, 5.74) is 0.946. The Hall–Kier alpha value is -2.39. The van der Waals surface area contributed by atoms with Crippen LogP contribution in [0.4, 0.5) is 0 Å². The zero-order chi connectivity index (χ0) is 17.5. The molecule has 6 heteroatoms. The monoisotopic (exact) mass is 328 g/mol. The normalized spacial score (nSPS) is 15.5. The van der Waals surface area contributed by atoms with Gasteiger partial charge in [-0.2, -0.15) is 5.26 Å². The molecule has 1 fully saturated rings. The van der Waals surface area contributed by atoms with Gasteiger partial charge in [-0.05, 0) is 43.7 Å². The van der Waals surface area contributed by atoms with Crippen LogP contribution in [-0.4, -0.2) is 60.9 Å². The van der Waals surface area contributed by atoms with Crippen LogP contribution in [0.1, 0.15) is 35.7 Å². The number of hydrogen-bond acceptors (Lipinski definition) is 4. The molecular formula is C18H24N4O2. The number of rotatable bonds is 5. The maximum Gasteiger partial charge on any atom is 0.251 e. The molecule has 1 aliphatic rings. The number of carbonyl (C=O) groups excluding carboxylic acids is 2. The summed E-state index contributed by atoms with van der Waals surface area (Å²) in [7, 11) is 1.81. The molecule has 24 heavy (non-hydrogen) atoms. The fraction of sp³-hybridized carbons (Fsp3) is 0.500. The van der Waals surface area contributed by atoms with Crippen LogP contribution in [0.15, 0.2) is 24.3 Å². The van der Waals surface area contributed by atoms with Gasteiger partial charge < -0.3 is 15.1 Å². The van der Waals surface area contributed by atoms with Gasteiger partial charge in [0.2, 0.25) is 5.91 Å². The maximum atomic E-state index is 12.3. The van der Waals surface area contributed by atoms with Gasteiger partial charge >= 0.3 is 0 Å². The molecule has 128 valence electrons. The van der Waals surface area contributed by atoms with Crippen LogP contribution in [0.3, 0.4) is 0 Å². The highest BCUT2D eigenvalue weighted by atomic mass is 16.2. The molecule has 0 aliphatic carbocycles. The Morgan fingerprint density at radius 3 is 2.46 bits per heavy atom. The van der Waals surface area contributed by atoms with Gasteiger partial charge in [0, 0.05) is 31.7 Å². The lowest BCUT2D eigenvalue weighted by atomic mass is 10.0. The molecule has 1 aromatic rings. The van der Waals surface area contributed by atoms with Gasteiger partial charge in [0.05, 0.1) is 18.2 Å². The first-order chi connectivity index (χ1) is 11.5. The van der Waals surface area contributed by atoms with Crippen LogP contribution >= 0.6 is 0 Å². The molecule has 0 spiro atoms. The Balaban J connectivity index is 1.81. The Labute approximate surface area is 143 Å². The van der Waals surface area contributed by atoms with E-state index in [2.05, 4.69) is 17.1 Å². The first-order valence-electron chi connectivity index (χ1n) is 8.31. The summed E-state index contributed by atoms with van der Waals surface area (Å²) in [6, 6.07) is 8.60. The lowest BCUT2D eigenvalue weighted by Gasteiger charge is -2.36. The number of nitrogens with one attached hydrogen (secondary N) is 1. The van der Waals surface area contributed by atoms with Crippen molar-refractivity contribution < 1.29 is 9.59 Å². The molecule has 0 bridgehead atoms. The van der Waals surface area contributed by atoms with Gasteiger partial charge in [-0.1, -0.05) is 6.92 Å². The Morgan fingerprint density at radius 1 is 1.29 bits per heavy atom. The zero-order valence-electron chi connectivity index (χ0n) is 14.3. The third-order valence-corrected chi connectivity index (χ3v) is 4.62. The molecule has 0 saturated carbocycles. The molecule has 1 saturated heterocycles. The first-order valence-corrected chi connectivity index (χ1v) is 8.31. The van der Waals surface area contributed by atoms with Crippen molar-refractivity contribution in [2.45, 2.75) is 25.8 Å². The summed E-state index contributed by atoms with van der Waals surface area (Å²) in [5.74, 6) is -0.381. The van der Waals surface area contributed by atoms with Gasteiger partial charge in [-0.15, -0.1) is 0 Å². The molecule has 1 aromatic carbocycles. The van der Waals surface area contributed by atoms with Crippen LogP contribution in [0, 0.1) is 11.3 Å². The van der Waals surface area contributed by atoms with Gasteiger partial charge in [-0.25, -0.2) is 0 Å². The number of benzene rings is 1. The quantitative estimate of drug-likeness (QED) is 0.882. The fourth-order valence-electron chi connectivity index (χ4n) is 2.91. The smallest absolute Gasteiger partial charge is 0.251 e. The minimum atomic E-state index is -0.304. The molecule has 1 heterocycles. The summed E-state index contributed by atoms with van der Waals surface area (Å²) < 4.78 is 0. The summed E-state index contributed by atoms with van der Waals surface area (Å²) in [4.78, 5) is 28.5. The SMILES string of the molecule is CCN1CCC(N(C)C(=O)CNC(=O)c2ccc(C#N)cc2)CC1. The molecule has 1 N–H and O–H groups in total. The topological polar surface area (TPSA) is 76.4 Å². The van der Waals surface area contributed by atoms with E-state index >= 15 is 0 Å². The highest BCUT2D eigenvalue weighted by Gasteiger charge is 2.24. The molecule has 0 atom stereocenters. The predicted octanol–water partition coefficient (Wildman–Crippen LogP) is 1.23. The van der Waals surface area contributed by atoms with E-state index < -0.39 is 0 Å². The van der Waals surface area contributed by atoms with E-state index in [1.807, 2.05) is 13.1 Å². The molecule has 0 unspecified atom stereocenters. The minimum absolute atomic E-state index is 0.0106. The molecular weight excluding hydrogens is 304 g/mol. The van der Waals surface area contributed by atoms with Crippen molar-refractivity contribution in [1.82, 2.24) is 15.1 Å². The van der Waals surface area contributed by atoms with E-state index in [1.54, 1.807) is 29.2 Å². The summed E-state index contributed by atoms with van der Waals surface area (Å²) in [6.45, 7) is 5.20. The second-order valence-corrected chi connectivity index (χ2v) is 6.04. The van der Waals surface area contributed by atoms with Gasteiger partial charge in [-0.3, -0.25) is 9.59 Å². The van der Waals surface area contributed by atoms with E-state index in [4.69, 9.17) is 5.26 Å². The minimum Gasteiger partial charge on any atom is -0.343 e. The largest absolute Gasteiger partial charge is 0.343 e. The van der Waals surface area contributed by atoms with Crippen molar-refractivity contribution in [3.8, 4) is 6.07 Å². The lowest BCUT2D eigenvalue weighted by molar-refractivity contribution is -0.131. The first kappa shape index (κ1) is 18.0. The lowest BCUT2D eigenvalue weighted by Crippen LogP contribution is -2.48. The summed E-state index contributed by atoms with van der Waals surface area (Å²) in [6.07, 6.45) is 1.94. The number of amides is 2. The van der Waals surface area contributed by atoms with Crippen LogP contribution in [0.5, 0.6) is 0 Å². The summed E-state index contributed by atoms with van der Waals surface area (Å²) >= 11 is 0. The van der Waals surface area contributed by atoms with E-state index in [1.165, 1.54) is 0 Å². The third-order valence-electron chi connectivity index (χ3n) is 4.62. The van der Waals surface area contributed by atoms with Crippen LogP contribution in [-0.2, 0) is 4.79 Å². The highest BCUT2D eigenvalue weighted by Crippen LogP contribution is 2.15. The maximum absolute atomic E-state index is 12.3. The van der Waals surface area contributed by atoms with Gasteiger partial charge in [0.15, 0.2) is 0 Å². The van der Waals surface area contributed by atoms with Crippen molar-refractivity contribution >= 4 is 11.8 Å².